The van der Waals surface area contributed by atoms with E-state index < -0.39 is 47.5 Å². The molecule has 0 atom stereocenters. The molecule has 1 aliphatic carbocycles. The molecule has 3 aromatic heterocycles. The Labute approximate surface area is 261 Å². The monoisotopic (exact) mass is 666 g/mol. The normalized spacial score (nSPS) is 16.2. The molecule has 6 rings (SSSR count). The molecule has 4 heterocycles. The summed E-state index contributed by atoms with van der Waals surface area (Å²) < 4.78 is 105. The molecule has 1 fully saturated rings. The molecule has 1 aliphatic heterocycles. The van der Waals surface area contributed by atoms with Crippen molar-refractivity contribution in [2.24, 2.45) is 5.41 Å². The Bertz CT molecular complexity index is 1830. The van der Waals surface area contributed by atoms with Crippen LogP contribution in [-0.2, 0) is 44.9 Å². The highest BCUT2D eigenvalue weighted by atomic mass is 35.5. The predicted octanol–water partition coefficient (Wildman–Crippen LogP) is 7.34. The van der Waals surface area contributed by atoms with Gasteiger partial charge in [0.1, 0.15) is 18.0 Å². The van der Waals surface area contributed by atoms with Crippen LogP contribution in [0.4, 0.5) is 30.7 Å². The minimum Gasteiger partial charge on any atom is -0.472 e. The van der Waals surface area contributed by atoms with E-state index >= 15 is 0 Å². The lowest BCUT2D eigenvalue weighted by molar-refractivity contribution is -0.159. The molecule has 2 aliphatic rings. The standard InChI is InChI=1S/C30H22ClF7N6O2/c31-20-2-1-17(22(32)9-20)14-45-26-21(29(33,34)35)8-16-3-6-44(13-24(16)41-26)12-23-18(10-28(15-39)4-5-28)7-19(11-40-23)25-42-27(46-43-25)30(36,37)38/h1-2,7-9,11H,3-6,10,12-14H2. The quantitative estimate of drug-likeness (QED) is 0.180. The van der Waals surface area contributed by atoms with Crippen molar-refractivity contribution in [3.63, 3.8) is 0 Å². The van der Waals surface area contributed by atoms with E-state index in [1.54, 1.807) is 6.07 Å². The highest BCUT2D eigenvalue weighted by molar-refractivity contribution is 6.30. The second-order valence-electron chi connectivity index (χ2n) is 11.2. The summed E-state index contributed by atoms with van der Waals surface area (Å²) in [5, 5.41) is 13.2. The SMILES string of the molecule is N#CC1(Cc2cc(-c3noc(C(F)(F)F)n3)cnc2CN2CCc3cc(C(F)(F)F)c(OCc4ccc(Cl)cc4F)nc3C2)CC1. The molecule has 1 aromatic carbocycles. The Morgan fingerprint density at radius 2 is 1.83 bits per heavy atom. The van der Waals surface area contributed by atoms with Crippen molar-refractivity contribution in [2.75, 3.05) is 6.54 Å². The molecule has 0 bridgehead atoms. The van der Waals surface area contributed by atoms with Crippen molar-refractivity contribution < 1.29 is 40.0 Å². The number of ether oxygens (including phenoxy) is 1. The predicted molar refractivity (Wildman–Crippen MR) is 146 cm³/mol. The van der Waals surface area contributed by atoms with Gasteiger partial charge in [-0.15, -0.1) is 0 Å². The molecule has 4 aromatic rings. The maximum absolute atomic E-state index is 14.3. The number of aromatic nitrogens is 4. The van der Waals surface area contributed by atoms with Crippen molar-refractivity contribution in [3.8, 4) is 23.3 Å². The van der Waals surface area contributed by atoms with Crippen LogP contribution in [0.15, 0.2) is 41.1 Å². The van der Waals surface area contributed by atoms with Crippen LogP contribution in [0.5, 0.6) is 5.88 Å². The fraction of sp³-hybridized carbons (Fsp3) is 0.367. The number of rotatable bonds is 8. The summed E-state index contributed by atoms with van der Waals surface area (Å²) in [5.74, 6) is -3.23. The van der Waals surface area contributed by atoms with E-state index in [1.807, 2.05) is 4.90 Å². The van der Waals surface area contributed by atoms with Gasteiger partial charge in [0.25, 0.3) is 0 Å². The van der Waals surface area contributed by atoms with E-state index in [0.29, 0.717) is 48.3 Å². The van der Waals surface area contributed by atoms with Crippen LogP contribution in [0, 0.1) is 22.6 Å². The Morgan fingerprint density at radius 3 is 2.48 bits per heavy atom. The van der Waals surface area contributed by atoms with E-state index in [-0.39, 0.29) is 41.5 Å². The molecule has 46 heavy (non-hydrogen) atoms. The van der Waals surface area contributed by atoms with Crippen molar-refractivity contribution >= 4 is 11.6 Å². The number of hydrogen-bond donors (Lipinski definition) is 0. The average Bonchev–Trinajstić information content (AvgIpc) is 3.57. The number of halogens is 8. The third-order valence-electron chi connectivity index (χ3n) is 7.89. The summed E-state index contributed by atoms with van der Waals surface area (Å²) in [7, 11) is 0. The maximum Gasteiger partial charge on any atom is 0.471 e. The van der Waals surface area contributed by atoms with Gasteiger partial charge in [-0.25, -0.2) is 9.37 Å². The second kappa shape index (κ2) is 11.8. The smallest absolute Gasteiger partial charge is 0.471 e. The molecule has 0 radical (unpaired) electrons. The second-order valence-corrected chi connectivity index (χ2v) is 11.7. The van der Waals surface area contributed by atoms with Gasteiger partial charge in [0.2, 0.25) is 11.7 Å². The van der Waals surface area contributed by atoms with Crippen molar-refractivity contribution in [2.45, 2.75) is 57.7 Å². The number of nitriles is 1. The summed E-state index contributed by atoms with van der Waals surface area (Å²) >= 11 is 5.76. The van der Waals surface area contributed by atoms with E-state index in [0.717, 1.165) is 12.1 Å². The van der Waals surface area contributed by atoms with Crippen molar-refractivity contribution in [1.29, 1.82) is 5.26 Å². The Kier molecular flexibility index (Phi) is 8.14. The van der Waals surface area contributed by atoms with Crippen LogP contribution in [0.1, 0.15) is 52.4 Å². The van der Waals surface area contributed by atoms with Gasteiger partial charge in [-0.1, -0.05) is 22.8 Å². The van der Waals surface area contributed by atoms with Crippen LogP contribution in [-0.4, -0.2) is 31.6 Å². The van der Waals surface area contributed by atoms with Gasteiger partial charge in [0.15, 0.2) is 0 Å². The van der Waals surface area contributed by atoms with Gasteiger partial charge in [-0.05, 0) is 61.1 Å². The van der Waals surface area contributed by atoms with E-state index in [1.165, 1.54) is 18.3 Å². The largest absolute Gasteiger partial charge is 0.472 e. The number of pyridine rings is 2. The third kappa shape index (κ3) is 6.78. The van der Waals surface area contributed by atoms with Crippen molar-refractivity contribution in [3.05, 3.63) is 86.9 Å². The summed E-state index contributed by atoms with van der Waals surface area (Å²) in [6.45, 7) is 0.192. The zero-order valence-corrected chi connectivity index (χ0v) is 24.4. The highest BCUT2D eigenvalue weighted by Gasteiger charge is 2.44. The average molecular weight is 667 g/mol. The fourth-order valence-corrected chi connectivity index (χ4v) is 5.36. The molecule has 1 saturated carbocycles. The highest BCUT2D eigenvalue weighted by Crippen LogP contribution is 2.48. The van der Waals surface area contributed by atoms with Gasteiger partial charge in [-0.2, -0.15) is 36.6 Å². The first-order valence-corrected chi connectivity index (χ1v) is 14.3. The molecule has 8 nitrogen and oxygen atoms in total. The van der Waals surface area contributed by atoms with E-state index in [4.69, 9.17) is 16.3 Å². The lowest BCUT2D eigenvalue weighted by Gasteiger charge is -2.29. The molecule has 0 spiro atoms. The Morgan fingerprint density at radius 1 is 1.04 bits per heavy atom. The molecule has 0 unspecified atom stereocenters. The summed E-state index contributed by atoms with van der Waals surface area (Å²) in [6, 6.07) is 8.61. The molecular formula is C30H22ClF7N6O2. The summed E-state index contributed by atoms with van der Waals surface area (Å²) in [5.41, 5.74) is 0.351. The lowest BCUT2D eigenvalue weighted by Crippen LogP contribution is -2.32. The molecule has 0 amide bonds. The zero-order chi connectivity index (χ0) is 32.9. The Hall–Kier alpha value is -4.29. The van der Waals surface area contributed by atoms with Crippen LogP contribution in [0.25, 0.3) is 11.4 Å². The number of fused-ring (bicyclic) bond motifs is 1. The molecule has 0 N–H and O–H groups in total. The number of hydrogen-bond acceptors (Lipinski definition) is 8. The lowest BCUT2D eigenvalue weighted by atomic mass is 9.95. The molecular weight excluding hydrogens is 645 g/mol. The van der Waals surface area contributed by atoms with Crippen LogP contribution in [0.3, 0.4) is 0 Å². The van der Waals surface area contributed by atoms with Gasteiger partial charge < -0.3 is 9.26 Å². The number of nitrogens with zero attached hydrogens (tertiary/aromatic N) is 6. The van der Waals surface area contributed by atoms with E-state index in [2.05, 4.69) is 30.7 Å². The summed E-state index contributed by atoms with van der Waals surface area (Å²) in [4.78, 5) is 14.0. The molecule has 240 valence electrons. The first-order valence-electron chi connectivity index (χ1n) is 13.9. The first kappa shape index (κ1) is 31.7. The van der Waals surface area contributed by atoms with Crippen molar-refractivity contribution in [1.82, 2.24) is 25.0 Å². The van der Waals surface area contributed by atoms with Gasteiger partial charge in [0.05, 0.1) is 22.9 Å². The topological polar surface area (TPSA) is 101 Å². The third-order valence-corrected chi connectivity index (χ3v) is 8.13. The number of benzene rings is 1. The minimum atomic E-state index is -4.82. The van der Waals surface area contributed by atoms with Crippen LogP contribution in [0.2, 0.25) is 5.02 Å². The maximum atomic E-state index is 14.3. The Balaban J connectivity index is 1.26. The van der Waals surface area contributed by atoms with Crippen LogP contribution >= 0.6 is 11.6 Å². The molecule has 0 saturated heterocycles. The zero-order valence-electron chi connectivity index (χ0n) is 23.6. The molecule has 16 heteroatoms. The van der Waals surface area contributed by atoms with Gasteiger partial charge >= 0.3 is 18.2 Å². The van der Waals surface area contributed by atoms with E-state index in [9.17, 15) is 36.0 Å². The minimum absolute atomic E-state index is 0.00183. The van der Waals surface area contributed by atoms with Gasteiger partial charge in [-0.3, -0.25) is 9.88 Å². The van der Waals surface area contributed by atoms with Gasteiger partial charge in [0, 0.05) is 42.0 Å². The first-order chi connectivity index (χ1) is 21.7. The fourth-order valence-electron chi connectivity index (χ4n) is 5.20. The van der Waals surface area contributed by atoms with Crippen LogP contribution < -0.4 is 4.74 Å². The number of alkyl halides is 6. The summed E-state index contributed by atoms with van der Waals surface area (Å²) in [6.07, 6.45) is -6.46.